The fraction of sp³-hybridized carbons (Fsp3) is 0.0667. The van der Waals surface area contributed by atoms with Crippen molar-refractivity contribution in [2.45, 2.75) is 0 Å². The van der Waals surface area contributed by atoms with Crippen molar-refractivity contribution in [3.8, 4) is 0 Å². The van der Waals surface area contributed by atoms with Crippen LogP contribution in [-0.4, -0.2) is 29.3 Å². The van der Waals surface area contributed by atoms with Crippen molar-refractivity contribution in [3.63, 3.8) is 0 Å². The van der Waals surface area contributed by atoms with Gasteiger partial charge in [-0.1, -0.05) is 18.2 Å². The van der Waals surface area contributed by atoms with E-state index in [0.29, 0.717) is 0 Å². The quantitative estimate of drug-likeness (QED) is 0.711. The first-order valence-electron chi connectivity index (χ1n) is 6.61. The number of nitrogens with one attached hydrogen (secondary N) is 3. The number of hydrazine groups is 1. The molecule has 0 radical (unpaired) electrons. The van der Waals surface area contributed by atoms with Crippen LogP contribution < -0.4 is 16.2 Å². The number of amides is 3. The standard InChI is InChI=1S/C15H13FN4O3/c16-11-6-2-1-5-10(11)14(22)18-9-13(21)19-20-15(23)12-7-3-4-8-17-12/h1-8H,9H2,(H,18,22)(H,19,21)(H,20,23). The molecule has 8 heteroatoms. The molecule has 3 N–H and O–H groups in total. The third kappa shape index (κ3) is 4.60. The minimum absolute atomic E-state index is 0.128. The van der Waals surface area contributed by atoms with Crippen LogP contribution in [0.1, 0.15) is 20.8 Å². The highest BCUT2D eigenvalue weighted by Crippen LogP contribution is 2.05. The maximum Gasteiger partial charge on any atom is 0.288 e. The first kappa shape index (κ1) is 16.1. The molecule has 0 saturated heterocycles. The van der Waals surface area contributed by atoms with Crippen LogP contribution in [0.2, 0.25) is 0 Å². The van der Waals surface area contributed by atoms with Crippen molar-refractivity contribution < 1.29 is 18.8 Å². The van der Waals surface area contributed by atoms with Crippen molar-refractivity contribution in [1.29, 1.82) is 0 Å². The Labute approximate surface area is 130 Å². The number of rotatable bonds is 4. The van der Waals surface area contributed by atoms with Crippen LogP contribution in [0.25, 0.3) is 0 Å². The molecule has 0 fully saturated rings. The lowest BCUT2D eigenvalue weighted by Gasteiger charge is -2.08. The zero-order valence-corrected chi connectivity index (χ0v) is 11.9. The number of halogens is 1. The van der Waals surface area contributed by atoms with E-state index in [1.165, 1.54) is 30.5 Å². The van der Waals surface area contributed by atoms with Gasteiger partial charge in [0.05, 0.1) is 12.1 Å². The molecular weight excluding hydrogens is 303 g/mol. The van der Waals surface area contributed by atoms with Gasteiger partial charge in [-0.25, -0.2) is 4.39 Å². The first-order chi connectivity index (χ1) is 11.1. The van der Waals surface area contributed by atoms with Crippen LogP contribution in [0, 0.1) is 5.82 Å². The first-order valence-corrected chi connectivity index (χ1v) is 6.61. The lowest BCUT2D eigenvalue weighted by molar-refractivity contribution is -0.120. The number of carbonyl (C=O) groups is 3. The van der Waals surface area contributed by atoms with Crippen LogP contribution in [-0.2, 0) is 4.79 Å². The third-order valence-electron chi connectivity index (χ3n) is 2.74. The van der Waals surface area contributed by atoms with Crippen molar-refractivity contribution in [1.82, 2.24) is 21.2 Å². The van der Waals surface area contributed by atoms with Crippen LogP contribution in [0.4, 0.5) is 4.39 Å². The molecule has 2 rings (SSSR count). The van der Waals surface area contributed by atoms with Crippen molar-refractivity contribution in [3.05, 3.63) is 65.7 Å². The third-order valence-corrected chi connectivity index (χ3v) is 2.74. The van der Waals surface area contributed by atoms with Gasteiger partial charge < -0.3 is 5.32 Å². The summed E-state index contributed by atoms with van der Waals surface area (Å²) in [6.45, 7) is -0.421. The van der Waals surface area contributed by atoms with Gasteiger partial charge in [-0.3, -0.25) is 30.2 Å². The average molecular weight is 316 g/mol. The number of carbonyl (C=O) groups excluding carboxylic acids is 3. The van der Waals surface area contributed by atoms with Gasteiger partial charge in [0.1, 0.15) is 11.5 Å². The molecule has 1 aromatic carbocycles. The van der Waals surface area contributed by atoms with Gasteiger partial charge in [-0.2, -0.15) is 0 Å². The molecule has 7 nitrogen and oxygen atoms in total. The normalized spacial score (nSPS) is 9.78. The highest BCUT2D eigenvalue weighted by atomic mass is 19.1. The van der Waals surface area contributed by atoms with E-state index in [-0.39, 0.29) is 11.3 Å². The Balaban J connectivity index is 1.78. The van der Waals surface area contributed by atoms with Crippen LogP contribution in [0.15, 0.2) is 48.7 Å². The average Bonchev–Trinajstić information content (AvgIpc) is 2.58. The molecule has 0 aliphatic heterocycles. The maximum atomic E-state index is 13.4. The monoisotopic (exact) mass is 316 g/mol. The fourth-order valence-corrected chi connectivity index (χ4v) is 1.63. The number of pyridine rings is 1. The molecule has 2 aromatic rings. The summed E-state index contributed by atoms with van der Waals surface area (Å²) in [5, 5.41) is 2.25. The van der Waals surface area contributed by atoms with Crippen LogP contribution >= 0.6 is 0 Å². The fourth-order valence-electron chi connectivity index (χ4n) is 1.63. The molecule has 118 valence electrons. The molecule has 0 spiro atoms. The molecule has 0 bridgehead atoms. The Kier molecular flexibility index (Phi) is 5.35. The van der Waals surface area contributed by atoms with E-state index in [9.17, 15) is 18.8 Å². The summed E-state index contributed by atoms with van der Waals surface area (Å²) in [6, 6.07) is 10.1. The summed E-state index contributed by atoms with van der Waals surface area (Å²) < 4.78 is 13.4. The lowest BCUT2D eigenvalue weighted by Crippen LogP contribution is -2.46. The molecule has 3 amide bonds. The molecule has 0 unspecified atom stereocenters. The largest absolute Gasteiger partial charge is 0.343 e. The molecule has 0 aliphatic rings. The summed E-state index contributed by atoms with van der Waals surface area (Å²) in [5.74, 6) is -2.68. The predicted molar refractivity (Wildman–Crippen MR) is 78.6 cm³/mol. The predicted octanol–water partition coefficient (Wildman–Crippen LogP) is 0.412. The Morgan fingerprint density at radius 2 is 1.70 bits per heavy atom. The van der Waals surface area contributed by atoms with Gasteiger partial charge in [-0.15, -0.1) is 0 Å². The number of nitrogens with zero attached hydrogens (tertiary/aromatic N) is 1. The highest BCUT2D eigenvalue weighted by molar-refractivity contribution is 5.97. The molecule has 1 heterocycles. The minimum Gasteiger partial charge on any atom is -0.343 e. The summed E-state index contributed by atoms with van der Waals surface area (Å²) in [4.78, 5) is 38.7. The minimum atomic E-state index is -0.727. The number of benzene rings is 1. The summed E-state index contributed by atoms with van der Waals surface area (Å²) in [7, 11) is 0. The van der Waals surface area contributed by atoms with Gasteiger partial charge in [0.15, 0.2) is 0 Å². The van der Waals surface area contributed by atoms with Crippen molar-refractivity contribution in [2.24, 2.45) is 0 Å². The van der Waals surface area contributed by atoms with Crippen molar-refractivity contribution >= 4 is 17.7 Å². The van der Waals surface area contributed by atoms with E-state index in [2.05, 4.69) is 21.2 Å². The van der Waals surface area contributed by atoms with E-state index in [1.54, 1.807) is 12.1 Å². The Morgan fingerprint density at radius 3 is 2.39 bits per heavy atom. The zero-order chi connectivity index (χ0) is 16.7. The summed E-state index contributed by atoms with van der Waals surface area (Å²) in [6.07, 6.45) is 1.44. The SMILES string of the molecule is O=C(CNC(=O)c1ccccc1F)NNC(=O)c1ccccn1. The van der Waals surface area contributed by atoms with Crippen LogP contribution in [0.5, 0.6) is 0 Å². The van der Waals surface area contributed by atoms with Gasteiger partial charge in [0.2, 0.25) is 0 Å². The summed E-state index contributed by atoms with van der Waals surface area (Å²) in [5.41, 5.74) is 4.22. The van der Waals surface area contributed by atoms with E-state index in [0.717, 1.165) is 6.07 Å². The zero-order valence-electron chi connectivity index (χ0n) is 11.9. The topological polar surface area (TPSA) is 100 Å². The molecule has 0 atom stereocenters. The highest BCUT2D eigenvalue weighted by Gasteiger charge is 2.12. The second-order valence-electron chi connectivity index (χ2n) is 4.38. The van der Waals surface area contributed by atoms with Crippen molar-refractivity contribution in [2.75, 3.05) is 6.54 Å². The second-order valence-corrected chi connectivity index (χ2v) is 4.38. The maximum absolute atomic E-state index is 13.4. The summed E-state index contributed by atoms with van der Waals surface area (Å²) >= 11 is 0. The van der Waals surface area contributed by atoms with E-state index >= 15 is 0 Å². The van der Waals surface area contributed by atoms with Gasteiger partial charge in [0, 0.05) is 6.20 Å². The van der Waals surface area contributed by atoms with E-state index in [1.807, 2.05) is 0 Å². The molecule has 0 saturated carbocycles. The van der Waals surface area contributed by atoms with Gasteiger partial charge >= 0.3 is 0 Å². The lowest BCUT2D eigenvalue weighted by atomic mass is 10.2. The molecular formula is C15H13FN4O3. The van der Waals surface area contributed by atoms with Gasteiger partial charge in [-0.05, 0) is 24.3 Å². The molecule has 0 aliphatic carbocycles. The molecule has 1 aromatic heterocycles. The number of aromatic nitrogens is 1. The second kappa shape index (κ2) is 7.64. The van der Waals surface area contributed by atoms with Crippen LogP contribution in [0.3, 0.4) is 0 Å². The number of hydrogen-bond donors (Lipinski definition) is 3. The number of hydrogen-bond acceptors (Lipinski definition) is 4. The van der Waals surface area contributed by atoms with Gasteiger partial charge in [0.25, 0.3) is 17.7 Å². The Hall–Kier alpha value is -3.29. The molecule has 23 heavy (non-hydrogen) atoms. The smallest absolute Gasteiger partial charge is 0.288 e. The Bertz CT molecular complexity index is 722. The Morgan fingerprint density at radius 1 is 0.957 bits per heavy atom. The van der Waals surface area contributed by atoms with E-state index in [4.69, 9.17) is 0 Å². The van der Waals surface area contributed by atoms with E-state index < -0.39 is 30.1 Å².